The third-order valence-corrected chi connectivity index (χ3v) is 2.34. The van der Waals surface area contributed by atoms with Gasteiger partial charge >= 0.3 is 12.1 Å². The number of esters is 1. The number of aliphatic hydroxyl groups excluding tert-OH is 1. The molecule has 0 aromatic carbocycles. The van der Waals surface area contributed by atoms with Crippen LogP contribution in [0.5, 0.6) is 0 Å². The third-order valence-electron chi connectivity index (χ3n) is 1.27. The zero-order chi connectivity index (χ0) is 12.4. The molecular formula is C5H6F3O6P-2. The molecule has 6 nitrogen and oxygen atoms in total. The van der Waals surface area contributed by atoms with Crippen LogP contribution in [0.15, 0.2) is 0 Å². The Kier molecular flexibility index (Phi) is 4.29. The summed E-state index contributed by atoms with van der Waals surface area (Å²) < 4.78 is 48.4. The van der Waals surface area contributed by atoms with Crippen molar-refractivity contribution in [1.29, 1.82) is 0 Å². The number of alkyl halides is 3. The molecule has 0 aromatic rings. The van der Waals surface area contributed by atoms with Gasteiger partial charge in [0.1, 0.15) is 11.9 Å². The fraction of sp³-hybridized carbons (Fsp3) is 0.800. The van der Waals surface area contributed by atoms with E-state index in [0.717, 1.165) is 0 Å². The number of hydrogen-bond donors (Lipinski definition) is 1. The van der Waals surface area contributed by atoms with E-state index in [1.807, 2.05) is 0 Å². The monoisotopic (exact) mass is 250 g/mol. The number of rotatable bonds is 3. The van der Waals surface area contributed by atoms with E-state index >= 15 is 0 Å². The lowest BCUT2D eigenvalue weighted by atomic mass is 10.4. The Balaban J connectivity index is 4.46. The lowest BCUT2D eigenvalue weighted by Crippen LogP contribution is -2.39. The van der Waals surface area contributed by atoms with Gasteiger partial charge in [0.05, 0.1) is 0 Å². The van der Waals surface area contributed by atoms with Gasteiger partial charge in [-0.05, 0) is 14.5 Å². The number of carbonyl (C=O) groups is 1. The normalized spacial score (nSPS) is 17.0. The van der Waals surface area contributed by atoms with Crippen molar-refractivity contribution in [3.05, 3.63) is 0 Å². The van der Waals surface area contributed by atoms with Crippen molar-refractivity contribution in [3.8, 4) is 0 Å². The summed E-state index contributed by atoms with van der Waals surface area (Å²) in [4.78, 5) is 30.5. The van der Waals surface area contributed by atoms with Crippen molar-refractivity contribution in [2.75, 3.05) is 0 Å². The molecule has 0 fully saturated rings. The Hall–Kier alpha value is -0.630. The van der Waals surface area contributed by atoms with E-state index in [1.165, 1.54) is 0 Å². The molecule has 2 atom stereocenters. The van der Waals surface area contributed by atoms with E-state index in [4.69, 9.17) is 5.11 Å². The zero-order valence-electron chi connectivity index (χ0n) is 7.22. The average Bonchev–Trinajstić information content (AvgIpc) is 1.99. The summed E-state index contributed by atoms with van der Waals surface area (Å²) in [6, 6.07) is 0. The predicted octanol–water partition coefficient (Wildman–Crippen LogP) is -1.29. The molecule has 0 heterocycles. The fourth-order valence-electron chi connectivity index (χ4n) is 0.554. The predicted molar refractivity (Wildman–Crippen MR) is 35.2 cm³/mol. The van der Waals surface area contributed by atoms with Crippen molar-refractivity contribution in [1.82, 2.24) is 0 Å². The molecule has 0 aliphatic rings. The molecule has 15 heavy (non-hydrogen) atoms. The fourth-order valence-corrected chi connectivity index (χ4v) is 1.13. The topological polar surface area (TPSA) is 110 Å². The van der Waals surface area contributed by atoms with Gasteiger partial charge in [0, 0.05) is 0 Å². The summed E-state index contributed by atoms with van der Waals surface area (Å²) in [5.74, 6) is -5.38. The van der Waals surface area contributed by atoms with E-state index in [0.29, 0.717) is 6.92 Å². The van der Waals surface area contributed by atoms with Crippen LogP contribution in [-0.4, -0.2) is 29.2 Å². The maximum absolute atomic E-state index is 11.6. The molecular weight excluding hydrogens is 244 g/mol. The van der Waals surface area contributed by atoms with Gasteiger partial charge in [-0.1, -0.05) is 0 Å². The highest BCUT2D eigenvalue weighted by Crippen LogP contribution is 2.33. The third kappa shape index (κ3) is 4.61. The minimum atomic E-state index is -5.51. The highest BCUT2D eigenvalue weighted by molar-refractivity contribution is 7.49. The summed E-state index contributed by atoms with van der Waals surface area (Å²) in [6.45, 7) is 0.650. The van der Waals surface area contributed by atoms with Crippen molar-refractivity contribution in [2.24, 2.45) is 0 Å². The first-order valence-corrected chi connectivity index (χ1v) is 5.05. The Morgan fingerprint density at radius 2 is 1.87 bits per heavy atom. The Morgan fingerprint density at radius 3 is 2.13 bits per heavy atom. The quantitative estimate of drug-likeness (QED) is 0.493. The van der Waals surface area contributed by atoms with Gasteiger partial charge in [-0.25, -0.2) is 4.79 Å². The van der Waals surface area contributed by atoms with Crippen LogP contribution in [0.25, 0.3) is 0 Å². The first kappa shape index (κ1) is 14.4. The maximum Gasteiger partial charge on any atom is 0.490 e. The summed E-state index contributed by atoms with van der Waals surface area (Å²) in [5.41, 5.74) is 0. The number of halogens is 3. The van der Waals surface area contributed by atoms with Gasteiger partial charge in [-0.3, -0.25) is 0 Å². The second kappa shape index (κ2) is 4.48. The molecule has 0 saturated carbocycles. The summed E-state index contributed by atoms with van der Waals surface area (Å²) >= 11 is 0. The van der Waals surface area contributed by atoms with Gasteiger partial charge in [-0.2, -0.15) is 13.2 Å². The van der Waals surface area contributed by atoms with Gasteiger partial charge in [0.25, 0.3) is 0 Å². The highest BCUT2D eigenvalue weighted by atomic mass is 31.2. The summed E-state index contributed by atoms with van der Waals surface area (Å²) in [5, 5.41) is 8.64. The molecule has 1 N–H and O–H groups in total. The van der Waals surface area contributed by atoms with Crippen molar-refractivity contribution >= 4 is 13.6 Å². The SMILES string of the molecule is CC(OC(=O)C(F)(F)F)C(O)P(=O)([O-])[O-]. The van der Waals surface area contributed by atoms with E-state index in [-0.39, 0.29) is 0 Å². The van der Waals surface area contributed by atoms with Gasteiger partial charge in [0.15, 0.2) is 0 Å². The van der Waals surface area contributed by atoms with Crippen LogP contribution in [0.2, 0.25) is 0 Å². The average molecular weight is 250 g/mol. The van der Waals surface area contributed by atoms with Crippen LogP contribution in [0.1, 0.15) is 6.92 Å². The molecule has 0 aromatic heterocycles. The standard InChI is InChI=1S/C5H8F3O6P/c1-2(3(9)15(11,12)13)14-4(10)5(6,7)8/h2-3,9H,1H3,(H2,11,12,13)/p-2. The van der Waals surface area contributed by atoms with Crippen LogP contribution in [0, 0.1) is 0 Å². The Bertz CT molecular complexity index is 283. The van der Waals surface area contributed by atoms with Crippen LogP contribution in [0.3, 0.4) is 0 Å². The van der Waals surface area contributed by atoms with Crippen molar-refractivity contribution in [3.63, 3.8) is 0 Å². The van der Waals surface area contributed by atoms with Crippen molar-refractivity contribution in [2.45, 2.75) is 25.0 Å². The molecule has 0 aliphatic heterocycles. The number of carbonyl (C=O) groups excluding carboxylic acids is 1. The molecule has 2 unspecified atom stereocenters. The second-order valence-corrected chi connectivity index (χ2v) is 4.17. The van der Waals surface area contributed by atoms with E-state index in [9.17, 15) is 32.3 Å². The Morgan fingerprint density at radius 1 is 1.47 bits per heavy atom. The first-order valence-electron chi connectivity index (χ1n) is 3.44. The minimum Gasteiger partial charge on any atom is -0.809 e. The maximum atomic E-state index is 11.6. The molecule has 0 radical (unpaired) electrons. The molecule has 10 heteroatoms. The second-order valence-electron chi connectivity index (χ2n) is 2.56. The summed E-state index contributed by atoms with van der Waals surface area (Å²) in [6.07, 6.45) is -7.40. The highest BCUT2D eigenvalue weighted by Gasteiger charge is 2.42. The number of hydrogen-bond acceptors (Lipinski definition) is 6. The molecule has 0 amide bonds. The zero-order valence-corrected chi connectivity index (χ0v) is 8.12. The number of ether oxygens (including phenoxy) is 1. The van der Waals surface area contributed by atoms with E-state index < -0.39 is 31.7 Å². The lowest BCUT2D eigenvalue weighted by molar-refractivity contribution is -0.325. The van der Waals surface area contributed by atoms with Crippen molar-refractivity contribution < 1.29 is 42.2 Å². The lowest BCUT2D eigenvalue weighted by Gasteiger charge is -2.37. The van der Waals surface area contributed by atoms with Crippen LogP contribution >= 0.6 is 7.60 Å². The molecule has 0 saturated heterocycles. The van der Waals surface area contributed by atoms with Crippen LogP contribution in [-0.2, 0) is 14.1 Å². The van der Waals surface area contributed by atoms with Gasteiger partial charge < -0.3 is 24.2 Å². The van der Waals surface area contributed by atoms with Crippen LogP contribution in [0.4, 0.5) is 13.2 Å². The Labute approximate surface area is 81.8 Å². The largest absolute Gasteiger partial charge is 0.809 e. The molecule has 0 rings (SSSR count). The molecule has 0 bridgehead atoms. The first-order chi connectivity index (χ1) is 6.46. The minimum absolute atomic E-state index is 0.650. The van der Waals surface area contributed by atoms with E-state index in [2.05, 4.69) is 4.74 Å². The van der Waals surface area contributed by atoms with E-state index in [1.54, 1.807) is 0 Å². The summed E-state index contributed by atoms with van der Waals surface area (Å²) in [7, 11) is -5.51. The molecule has 0 spiro atoms. The molecule has 90 valence electrons. The molecule has 0 aliphatic carbocycles. The number of aliphatic hydroxyl groups is 1. The van der Waals surface area contributed by atoms with Crippen LogP contribution < -0.4 is 9.79 Å². The smallest absolute Gasteiger partial charge is 0.490 e. The van der Waals surface area contributed by atoms with Gasteiger partial charge in [-0.15, -0.1) is 0 Å². The van der Waals surface area contributed by atoms with Gasteiger partial charge in [0.2, 0.25) is 0 Å².